The number of rotatable bonds is 7. The fourth-order valence-electron chi connectivity index (χ4n) is 4.52. The average Bonchev–Trinajstić information content (AvgIpc) is 3.03. The summed E-state index contributed by atoms with van der Waals surface area (Å²) in [4.78, 5) is 27.8. The van der Waals surface area contributed by atoms with Gasteiger partial charge in [0.1, 0.15) is 0 Å². The SMILES string of the molecule is NCCO[C@H]1C[C@@H](O)C12CCN(C(=O)CCCN1CCCC1=O)CC2. The summed E-state index contributed by atoms with van der Waals surface area (Å²) in [6, 6.07) is 0. The van der Waals surface area contributed by atoms with Gasteiger partial charge in [0.05, 0.1) is 18.8 Å². The van der Waals surface area contributed by atoms with Gasteiger partial charge in [-0.3, -0.25) is 9.59 Å². The highest BCUT2D eigenvalue weighted by Crippen LogP contribution is 2.50. The standard InChI is InChI=1S/C18H31N3O4/c19-7-12-25-15-13-14(22)18(15)5-10-21(11-6-18)17(24)4-2-9-20-8-1-3-16(20)23/h14-15,22H,1-13,19H2/t14-,15+/m1/s1. The van der Waals surface area contributed by atoms with Crippen molar-refractivity contribution in [1.29, 1.82) is 0 Å². The Labute approximate surface area is 149 Å². The summed E-state index contributed by atoms with van der Waals surface area (Å²) in [6.07, 6.45) is 4.83. The quantitative estimate of drug-likeness (QED) is 0.677. The monoisotopic (exact) mass is 353 g/mol. The van der Waals surface area contributed by atoms with Gasteiger partial charge in [-0.05, 0) is 25.7 Å². The van der Waals surface area contributed by atoms with E-state index in [-0.39, 0.29) is 29.4 Å². The maximum absolute atomic E-state index is 12.4. The zero-order chi connectivity index (χ0) is 17.9. The first-order valence-corrected chi connectivity index (χ1v) is 9.62. The smallest absolute Gasteiger partial charge is 0.222 e. The van der Waals surface area contributed by atoms with Gasteiger partial charge in [-0.25, -0.2) is 0 Å². The summed E-state index contributed by atoms with van der Waals surface area (Å²) < 4.78 is 5.79. The molecule has 2 aliphatic heterocycles. The van der Waals surface area contributed by atoms with Crippen LogP contribution in [0.4, 0.5) is 0 Å². The van der Waals surface area contributed by atoms with Gasteiger partial charge in [0, 0.05) is 57.4 Å². The second-order valence-corrected chi connectivity index (χ2v) is 7.60. The van der Waals surface area contributed by atoms with Gasteiger partial charge in [0.25, 0.3) is 0 Å². The largest absolute Gasteiger partial charge is 0.392 e. The number of ether oxygens (including phenoxy) is 1. The van der Waals surface area contributed by atoms with E-state index in [9.17, 15) is 14.7 Å². The van der Waals surface area contributed by atoms with Crippen molar-refractivity contribution in [3.8, 4) is 0 Å². The molecule has 0 aromatic rings. The lowest BCUT2D eigenvalue weighted by Crippen LogP contribution is -2.62. The zero-order valence-corrected chi connectivity index (χ0v) is 15.0. The van der Waals surface area contributed by atoms with Crippen molar-refractivity contribution < 1.29 is 19.4 Å². The predicted octanol–water partition coefficient (Wildman–Crippen LogP) is 0.106. The minimum atomic E-state index is -0.325. The molecule has 142 valence electrons. The second-order valence-electron chi connectivity index (χ2n) is 7.60. The summed E-state index contributed by atoms with van der Waals surface area (Å²) in [5.74, 6) is 0.379. The normalized spacial score (nSPS) is 28.5. The van der Waals surface area contributed by atoms with Crippen LogP contribution < -0.4 is 5.73 Å². The summed E-state index contributed by atoms with van der Waals surface area (Å²) in [6.45, 7) is 3.91. The van der Waals surface area contributed by atoms with Crippen LogP contribution in [0.5, 0.6) is 0 Å². The van der Waals surface area contributed by atoms with E-state index in [0.717, 1.165) is 32.2 Å². The first-order chi connectivity index (χ1) is 12.1. The number of carbonyl (C=O) groups is 2. The minimum Gasteiger partial charge on any atom is -0.392 e. The lowest BCUT2D eigenvalue weighted by molar-refractivity contribution is -0.210. The minimum absolute atomic E-state index is 0.0736. The van der Waals surface area contributed by atoms with Gasteiger partial charge in [0.2, 0.25) is 11.8 Å². The van der Waals surface area contributed by atoms with E-state index in [1.165, 1.54) is 0 Å². The van der Waals surface area contributed by atoms with E-state index >= 15 is 0 Å². The van der Waals surface area contributed by atoms with Crippen LogP contribution >= 0.6 is 0 Å². The van der Waals surface area contributed by atoms with Crippen molar-refractivity contribution in [3.63, 3.8) is 0 Å². The van der Waals surface area contributed by atoms with E-state index in [1.807, 2.05) is 9.80 Å². The van der Waals surface area contributed by atoms with E-state index in [2.05, 4.69) is 0 Å². The Kier molecular flexibility index (Phi) is 5.96. The number of aliphatic hydroxyl groups excluding tert-OH is 1. The molecule has 1 saturated carbocycles. The molecule has 1 aliphatic carbocycles. The molecule has 3 aliphatic rings. The zero-order valence-electron chi connectivity index (χ0n) is 15.0. The molecule has 7 heteroatoms. The van der Waals surface area contributed by atoms with Gasteiger partial charge in [-0.1, -0.05) is 0 Å². The topological polar surface area (TPSA) is 96.1 Å². The molecule has 0 unspecified atom stereocenters. The van der Waals surface area contributed by atoms with E-state index < -0.39 is 0 Å². The molecule has 1 spiro atoms. The number of likely N-dealkylation sites (tertiary alicyclic amines) is 2. The molecule has 2 saturated heterocycles. The molecule has 0 radical (unpaired) electrons. The summed E-state index contributed by atoms with van der Waals surface area (Å²) in [5, 5.41) is 10.3. The molecule has 0 aromatic heterocycles. The van der Waals surface area contributed by atoms with Crippen LogP contribution in [0, 0.1) is 5.41 Å². The molecule has 2 atom stereocenters. The van der Waals surface area contributed by atoms with Crippen molar-refractivity contribution in [3.05, 3.63) is 0 Å². The number of nitrogens with two attached hydrogens (primary N) is 1. The van der Waals surface area contributed by atoms with E-state index in [1.54, 1.807) is 0 Å². The highest BCUT2D eigenvalue weighted by Gasteiger charge is 2.56. The molecule has 3 N–H and O–H groups in total. The van der Waals surface area contributed by atoms with E-state index in [4.69, 9.17) is 10.5 Å². The molecular weight excluding hydrogens is 322 g/mol. The molecule has 7 nitrogen and oxygen atoms in total. The summed E-state index contributed by atoms with van der Waals surface area (Å²) in [7, 11) is 0. The third-order valence-electron chi connectivity index (χ3n) is 6.22. The number of hydrogen-bond donors (Lipinski definition) is 2. The third-order valence-corrected chi connectivity index (χ3v) is 6.22. The average molecular weight is 353 g/mol. The van der Waals surface area contributed by atoms with Gasteiger partial charge in [-0.15, -0.1) is 0 Å². The number of piperidine rings is 1. The van der Waals surface area contributed by atoms with Gasteiger partial charge in [-0.2, -0.15) is 0 Å². The van der Waals surface area contributed by atoms with E-state index in [0.29, 0.717) is 52.0 Å². The first-order valence-electron chi connectivity index (χ1n) is 9.62. The van der Waals surface area contributed by atoms with Crippen molar-refractivity contribution in [1.82, 2.24) is 9.80 Å². The molecule has 0 aromatic carbocycles. The lowest BCUT2D eigenvalue weighted by atomic mass is 9.58. The first kappa shape index (κ1) is 18.6. The number of carbonyl (C=O) groups excluding carboxylic acids is 2. The fourth-order valence-corrected chi connectivity index (χ4v) is 4.52. The molecule has 25 heavy (non-hydrogen) atoms. The van der Waals surface area contributed by atoms with Gasteiger partial charge in [0.15, 0.2) is 0 Å². The predicted molar refractivity (Wildman–Crippen MR) is 92.7 cm³/mol. The second kappa shape index (κ2) is 8.01. The van der Waals surface area contributed by atoms with Crippen LogP contribution in [0.1, 0.15) is 44.9 Å². The Morgan fingerprint density at radius 3 is 2.68 bits per heavy atom. The number of hydrogen-bond acceptors (Lipinski definition) is 5. The lowest BCUT2D eigenvalue weighted by Gasteiger charge is -2.56. The molecule has 2 amide bonds. The highest BCUT2D eigenvalue weighted by molar-refractivity contribution is 5.78. The highest BCUT2D eigenvalue weighted by atomic mass is 16.5. The van der Waals surface area contributed by atoms with Crippen LogP contribution in [0.2, 0.25) is 0 Å². The fraction of sp³-hybridized carbons (Fsp3) is 0.889. The van der Waals surface area contributed by atoms with Crippen molar-refractivity contribution in [2.45, 2.75) is 57.2 Å². The van der Waals surface area contributed by atoms with Crippen LogP contribution in [0.25, 0.3) is 0 Å². The Hall–Kier alpha value is -1.18. The van der Waals surface area contributed by atoms with Crippen LogP contribution in [0.3, 0.4) is 0 Å². The summed E-state index contributed by atoms with van der Waals surface area (Å²) in [5.41, 5.74) is 5.32. The molecule has 3 rings (SSSR count). The molecular formula is C18H31N3O4. The van der Waals surface area contributed by atoms with Gasteiger partial charge < -0.3 is 25.4 Å². The van der Waals surface area contributed by atoms with Crippen molar-refractivity contribution in [2.24, 2.45) is 11.1 Å². The van der Waals surface area contributed by atoms with Crippen molar-refractivity contribution in [2.75, 3.05) is 39.3 Å². The maximum Gasteiger partial charge on any atom is 0.222 e. The number of nitrogens with zero attached hydrogens (tertiary/aromatic N) is 2. The number of amides is 2. The van der Waals surface area contributed by atoms with Crippen LogP contribution in [-0.2, 0) is 14.3 Å². The molecule has 2 heterocycles. The molecule has 3 fully saturated rings. The van der Waals surface area contributed by atoms with Crippen LogP contribution in [-0.4, -0.2) is 78.3 Å². The number of aliphatic hydroxyl groups is 1. The Morgan fingerprint density at radius 2 is 2.08 bits per heavy atom. The third kappa shape index (κ3) is 3.83. The summed E-state index contributed by atoms with van der Waals surface area (Å²) >= 11 is 0. The van der Waals surface area contributed by atoms with Crippen molar-refractivity contribution >= 4 is 11.8 Å². The Morgan fingerprint density at radius 1 is 1.32 bits per heavy atom. The Bertz CT molecular complexity index is 491. The Balaban J connectivity index is 1.40. The van der Waals surface area contributed by atoms with Crippen LogP contribution in [0.15, 0.2) is 0 Å². The van der Waals surface area contributed by atoms with Gasteiger partial charge >= 0.3 is 0 Å². The maximum atomic E-state index is 12.4. The molecule has 0 bridgehead atoms.